The van der Waals surface area contributed by atoms with Gasteiger partial charge in [-0.05, 0) is 77.0 Å². The molecule has 0 saturated carbocycles. The van der Waals surface area contributed by atoms with Crippen LogP contribution in [0.2, 0.25) is 0 Å². The highest BCUT2D eigenvalue weighted by molar-refractivity contribution is 5.70. The first-order chi connectivity index (χ1) is 22.6. The summed E-state index contributed by atoms with van der Waals surface area (Å²) < 4.78 is 10.6. The Balaban J connectivity index is 3.63. The molecule has 0 aliphatic heterocycles. The summed E-state index contributed by atoms with van der Waals surface area (Å²) in [5, 5.41) is 9.54. The molecule has 5 nitrogen and oxygen atoms in total. The van der Waals surface area contributed by atoms with E-state index in [2.05, 4.69) is 62.5 Å². The number of hydrogen-bond acceptors (Lipinski definition) is 5. The number of allylic oxidation sites excluding steroid dienone is 8. The summed E-state index contributed by atoms with van der Waals surface area (Å²) in [6.45, 7) is 4.07. The van der Waals surface area contributed by atoms with Crippen molar-refractivity contribution in [1.29, 1.82) is 0 Å². The van der Waals surface area contributed by atoms with Crippen molar-refractivity contribution in [2.24, 2.45) is 0 Å². The lowest BCUT2D eigenvalue weighted by Crippen LogP contribution is -2.28. The molecule has 46 heavy (non-hydrogen) atoms. The second-order valence-corrected chi connectivity index (χ2v) is 12.6. The van der Waals surface area contributed by atoms with Gasteiger partial charge >= 0.3 is 11.9 Å². The van der Waals surface area contributed by atoms with Crippen LogP contribution in [0.25, 0.3) is 0 Å². The molecule has 0 fully saturated rings. The van der Waals surface area contributed by atoms with Crippen molar-refractivity contribution < 1.29 is 24.2 Å². The van der Waals surface area contributed by atoms with Crippen molar-refractivity contribution in [2.45, 2.75) is 187 Å². The molecule has 0 heterocycles. The Morgan fingerprint density at radius 3 is 1.37 bits per heavy atom. The van der Waals surface area contributed by atoms with Gasteiger partial charge in [0.25, 0.3) is 0 Å². The van der Waals surface area contributed by atoms with E-state index in [1.807, 2.05) is 0 Å². The third-order valence-electron chi connectivity index (χ3n) is 8.10. The first-order valence-corrected chi connectivity index (χ1v) is 19.2. The fraction of sp³-hybridized carbons (Fsp3) is 0.756. The van der Waals surface area contributed by atoms with Crippen LogP contribution in [-0.4, -0.2) is 36.4 Å². The maximum Gasteiger partial charge on any atom is 0.306 e. The van der Waals surface area contributed by atoms with E-state index in [0.29, 0.717) is 12.8 Å². The van der Waals surface area contributed by atoms with Crippen LogP contribution in [0.1, 0.15) is 181 Å². The Morgan fingerprint density at radius 1 is 0.500 bits per heavy atom. The molecule has 0 amide bonds. The number of aliphatic hydroxyl groups is 1. The van der Waals surface area contributed by atoms with Crippen LogP contribution in [0.15, 0.2) is 48.6 Å². The van der Waals surface area contributed by atoms with E-state index in [1.165, 1.54) is 83.5 Å². The molecule has 0 radical (unpaired) electrons. The van der Waals surface area contributed by atoms with Crippen LogP contribution in [0.4, 0.5) is 0 Å². The van der Waals surface area contributed by atoms with Gasteiger partial charge in [-0.25, -0.2) is 0 Å². The van der Waals surface area contributed by atoms with Crippen molar-refractivity contribution in [2.75, 3.05) is 13.2 Å². The SMILES string of the molecule is CCCCC/C=C\C/C=C\C/C=C\CCCCCCC(=O)OC[C@H](CO)OC(=O)CCCCCCC/C=C\CCCCCCCC. The fourth-order valence-corrected chi connectivity index (χ4v) is 5.14. The fourth-order valence-electron chi connectivity index (χ4n) is 5.14. The highest BCUT2D eigenvalue weighted by Crippen LogP contribution is 2.12. The molecule has 0 rings (SSSR count). The van der Waals surface area contributed by atoms with Crippen molar-refractivity contribution in [3.05, 3.63) is 48.6 Å². The molecule has 0 unspecified atom stereocenters. The molecular formula is C41H72O5. The number of rotatable bonds is 34. The third-order valence-corrected chi connectivity index (χ3v) is 8.10. The van der Waals surface area contributed by atoms with Crippen LogP contribution >= 0.6 is 0 Å². The predicted octanol–water partition coefficient (Wildman–Crippen LogP) is 11.8. The van der Waals surface area contributed by atoms with Crippen LogP contribution < -0.4 is 0 Å². The van der Waals surface area contributed by atoms with Crippen molar-refractivity contribution in [3.63, 3.8) is 0 Å². The molecule has 0 bridgehead atoms. The normalized spacial score (nSPS) is 12.7. The van der Waals surface area contributed by atoms with Crippen LogP contribution in [0, 0.1) is 0 Å². The van der Waals surface area contributed by atoms with E-state index in [1.54, 1.807) is 0 Å². The lowest BCUT2D eigenvalue weighted by Gasteiger charge is -2.15. The molecule has 0 spiro atoms. The lowest BCUT2D eigenvalue weighted by molar-refractivity contribution is -0.161. The molecule has 0 aromatic rings. The van der Waals surface area contributed by atoms with Gasteiger partial charge in [0.2, 0.25) is 0 Å². The van der Waals surface area contributed by atoms with Crippen molar-refractivity contribution in [1.82, 2.24) is 0 Å². The maximum absolute atomic E-state index is 12.1. The highest BCUT2D eigenvalue weighted by atomic mass is 16.6. The molecule has 0 saturated heterocycles. The summed E-state index contributed by atoms with van der Waals surface area (Å²) in [4.78, 5) is 24.2. The summed E-state index contributed by atoms with van der Waals surface area (Å²) in [5.74, 6) is -0.627. The number of carbonyl (C=O) groups is 2. The van der Waals surface area contributed by atoms with Crippen LogP contribution in [0.5, 0.6) is 0 Å². The molecule has 5 heteroatoms. The molecule has 0 aromatic heterocycles. The maximum atomic E-state index is 12.1. The zero-order valence-electron chi connectivity index (χ0n) is 30.1. The lowest BCUT2D eigenvalue weighted by atomic mass is 10.1. The van der Waals surface area contributed by atoms with Gasteiger partial charge in [0.1, 0.15) is 6.61 Å². The first-order valence-electron chi connectivity index (χ1n) is 19.2. The van der Waals surface area contributed by atoms with Gasteiger partial charge in [0.15, 0.2) is 6.10 Å². The summed E-state index contributed by atoms with van der Waals surface area (Å²) in [7, 11) is 0. The second-order valence-electron chi connectivity index (χ2n) is 12.6. The summed E-state index contributed by atoms with van der Waals surface area (Å²) in [6.07, 6.45) is 45.9. The van der Waals surface area contributed by atoms with Gasteiger partial charge < -0.3 is 14.6 Å². The Morgan fingerprint density at radius 2 is 0.870 bits per heavy atom. The first kappa shape index (κ1) is 43.9. The molecule has 0 aliphatic rings. The van der Waals surface area contributed by atoms with E-state index >= 15 is 0 Å². The summed E-state index contributed by atoms with van der Waals surface area (Å²) in [5.41, 5.74) is 0. The Bertz CT molecular complexity index is 782. The number of hydrogen-bond donors (Lipinski definition) is 1. The average Bonchev–Trinajstić information content (AvgIpc) is 3.06. The van der Waals surface area contributed by atoms with Gasteiger partial charge in [-0.15, -0.1) is 0 Å². The minimum atomic E-state index is -0.784. The van der Waals surface area contributed by atoms with Crippen LogP contribution in [0.3, 0.4) is 0 Å². The van der Waals surface area contributed by atoms with Crippen molar-refractivity contribution in [3.8, 4) is 0 Å². The largest absolute Gasteiger partial charge is 0.462 e. The van der Waals surface area contributed by atoms with Gasteiger partial charge in [-0.2, -0.15) is 0 Å². The smallest absolute Gasteiger partial charge is 0.306 e. The van der Waals surface area contributed by atoms with Gasteiger partial charge in [0, 0.05) is 12.8 Å². The zero-order chi connectivity index (χ0) is 33.6. The highest BCUT2D eigenvalue weighted by Gasteiger charge is 2.16. The van der Waals surface area contributed by atoms with E-state index in [9.17, 15) is 14.7 Å². The molecule has 0 aromatic carbocycles. The molecular weight excluding hydrogens is 572 g/mol. The van der Waals surface area contributed by atoms with E-state index in [0.717, 1.165) is 70.6 Å². The topological polar surface area (TPSA) is 72.8 Å². The van der Waals surface area contributed by atoms with Gasteiger partial charge in [-0.1, -0.05) is 140 Å². The zero-order valence-corrected chi connectivity index (χ0v) is 30.1. The predicted molar refractivity (Wildman–Crippen MR) is 196 cm³/mol. The Kier molecular flexibility index (Phi) is 35.6. The number of aliphatic hydroxyl groups excluding tert-OH is 1. The number of esters is 2. The molecule has 0 aliphatic carbocycles. The number of unbranched alkanes of at least 4 members (excludes halogenated alkanes) is 18. The number of ether oxygens (including phenoxy) is 2. The minimum absolute atomic E-state index is 0.0814. The van der Waals surface area contributed by atoms with E-state index < -0.39 is 6.10 Å². The van der Waals surface area contributed by atoms with E-state index in [4.69, 9.17) is 9.47 Å². The molecule has 266 valence electrons. The summed E-state index contributed by atoms with van der Waals surface area (Å²) in [6, 6.07) is 0. The minimum Gasteiger partial charge on any atom is -0.462 e. The van der Waals surface area contributed by atoms with Crippen molar-refractivity contribution >= 4 is 11.9 Å². The third kappa shape index (κ3) is 34.7. The standard InChI is InChI=1S/C41H72O5/c1-3-5-7-9-11-13-15-17-19-20-22-23-25-27-29-31-33-35-40(43)45-38-39(37-42)46-41(44)36-34-32-30-28-26-24-21-18-16-14-12-10-8-6-4-2/h11,13,17-19,21-23,39,42H,3-10,12,14-16,20,24-38H2,1-2H3/b13-11-,19-17-,21-18-,23-22-/t39-/m0/s1. The molecule has 1 atom stereocenters. The van der Waals surface area contributed by atoms with Gasteiger partial charge in [0.05, 0.1) is 6.61 Å². The van der Waals surface area contributed by atoms with E-state index in [-0.39, 0.29) is 25.2 Å². The Hall–Kier alpha value is -2.14. The van der Waals surface area contributed by atoms with Crippen LogP contribution in [-0.2, 0) is 19.1 Å². The Labute approximate surface area is 284 Å². The monoisotopic (exact) mass is 645 g/mol. The molecule has 1 N–H and O–H groups in total. The quantitative estimate of drug-likeness (QED) is 0.0429. The second kappa shape index (κ2) is 37.3. The average molecular weight is 645 g/mol. The van der Waals surface area contributed by atoms with Gasteiger partial charge in [-0.3, -0.25) is 9.59 Å². The summed E-state index contributed by atoms with van der Waals surface area (Å²) >= 11 is 0. The number of carbonyl (C=O) groups excluding carboxylic acids is 2.